The molecule has 4 amide bonds. The van der Waals surface area contributed by atoms with Crippen molar-refractivity contribution in [2.24, 2.45) is 4.99 Å². The summed E-state index contributed by atoms with van der Waals surface area (Å²) in [7, 11) is 1.63. The number of aromatic nitrogens is 4. The van der Waals surface area contributed by atoms with Gasteiger partial charge in [-0.05, 0) is 116 Å². The minimum Gasteiger partial charge on any atom is -0.493 e. The maximum atomic E-state index is 15.5. The molecule has 0 unspecified atom stereocenters. The highest BCUT2D eigenvalue weighted by atomic mass is 35.5. The largest absolute Gasteiger partial charge is 0.493 e. The number of hydrogen-bond donors (Lipinski definition) is 2. The zero-order valence-corrected chi connectivity index (χ0v) is 55.0. The fourth-order valence-corrected chi connectivity index (χ4v) is 12.8. The summed E-state index contributed by atoms with van der Waals surface area (Å²) >= 11 is 13.0. The smallest absolute Gasteiger partial charge is 0.326 e. The van der Waals surface area contributed by atoms with Gasteiger partial charge in [0.15, 0.2) is 11.6 Å². The van der Waals surface area contributed by atoms with E-state index in [1.807, 2.05) is 76.2 Å². The number of nitrogen functional groups attached to an aromatic ring is 1. The molecule has 6 aromatic rings. The molecule has 24 heteroatoms. The van der Waals surface area contributed by atoms with Gasteiger partial charge in [0.05, 0.1) is 107 Å². The van der Waals surface area contributed by atoms with Crippen molar-refractivity contribution >= 4 is 58.5 Å². The Morgan fingerprint density at radius 2 is 1.47 bits per heavy atom. The molecule has 0 aliphatic carbocycles. The lowest BCUT2D eigenvalue weighted by Gasteiger charge is -2.47. The van der Waals surface area contributed by atoms with Crippen molar-refractivity contribution < 1.29 is 42.5 Å². The number of carbonyl (C=O) groups is 3. The molecule has 2 saturated heterocycles. The summed E-state index contributed by atoms with van der Waals surface area (Å²) in [6.07, 6.45) is 3.00. The number of anilines is 2. The van der Waals surface area contributed by atoms with Crippen LogP contribution in [0.4, 0.5) is 20.8 Å². The van der Waals surface area contributed by atoms with E-state index in [1.54, 1.807) is 7.05 Å². The van der Waals surface area contributed by atoms with Crippen molar-refractivity contribution in [1.82, 2.24) is 44.7 Å². The van der Waals surface area contributed by atoms with Crippen LogP contribution < -0.4 is 20.7 Å². The van der Waals surface area contributed by atoms with Crippen molar-refractivity contribution in [2.75, 3.05) is 123 Å². The fourth-order valence-electron chi connectivity index (χ4n) is 12.6. The Balaban J connectivity index is 0.637. The summed E-state index contributed by atoms with van der Waals surface area (Å²) in [5.74, 6) is 0.713. The third-order valence-corrected chi connectivity index (χ3v) is 18.3. The van der Waals surface area contributed by atoms with E-state index in [9.17, 15) is 19.2 Å². The van der Waals surface area contributed by atoms with Crippen molar-refractivity contribution in [3.05, 3.63) is 152 Å². The lowest BCUT2D eigenvalue weighted by Crippen LogP contribution is -2.60. The number of piperazine rings is 1. The van der Waals surface area contributed by atoms with Crippen LogP contribution in [0, 0.1) is 17.1 Å². The summed E-state index contributed by atoms with van der Waals surface area (Å²) in [6.45, 7) is 19.8. The molecule has 3 N–H and O–H groups in total. The number of ether oxygens (including phenoxy) is 5. The van der Waals surface area contributed by atoms with Gasteiger partial charge in [-0.25, -0.2) is 19.2 Å². The summed E-state index contributed by atoms with van der Waals surface area (Å²) in [5, 5.41) is 19.3. The number of rotatable bonds is 23. The number of amidine groups is 1. The summed E-state index contributed by atoms with van der Waals surface area (Å²) in [5.41, 5.74) is 10.1. The molecule has 2 aromatic heterocycles. The molecule has 3 atom stereocenters. The molecule has 0 radical (unpaired) electrons. The molecule has 0 spiro atoms. The lowest BCUT2D eigenvalue weighted by molar-refractivity contribution is -0.122. The highest BCUT2D eigenvalue weighted by Crippen LogP contribution is 2.54. The molecule has 488 valence electrons. The van der Waals surface area contributed by atoms with Crippen molar-refractivity contribution in [1.29, 1.82) is 5.26 Å². The van der Waals surface area contributed by atoms with Gasteiger partial charge in [0, 0.05) is 74.9 Å². The van der Waals surface area contributed by atoms with Crippen LogP contribution >= 0.6 is 23.2 Å². The standard InChI is InChI=1S/C68H82Cl2FN13O8/c1-8-92-58-40-47(66(2,3)4)15-21-52(58)62-77-67(5,45-11-16-48(69)17-12-45)68(6,46-13-18-49(70)19-14-46)84(62)65(87)81-29-27-80(28-30-81)31-33-89-35-37-91-39-38-90-36-34-88-32-23-59(85)74-24-26-83-57(42-72)60-54-43-75-61(73)63(76-54)82-25-9-10-56(82)53-41-50(71)20-22-51(53)64(86)79(7)44-55(60)78-83/h11-22,40-41,43,56H,8-10,23-39,44H2,1-7H3,(H2,73,75)(H,74,85)/t56-,67+,68-/m1/s1. The van der Waals surface area contributed by atoms with Crippen LogP contribution in [0.15, 0.2) is 96.1 Å². The number of nitrogens with one attached hydrogen (secondary N) is 1. The number of benzene rings is 4. The maximum Gasteiger partial charge on any atom is 0.326 e. The molecule has 4 aliphatic heterocycles. The molecule has 6 heterocycles. The second kappa shape index (κ2) is 29.5. The number of carbonyl (C=O) groups excluding carboxylic acids is 3. The first-order chi connectivity index (χ1) is 44.2. The monoisotopic (exact) mass is 1300 g/mol. The van der Waals surface area contributed by atoms with E-state index in [0.717, 1.165) is 28.7 Å². The van der Waals surface area contributed by atoms with Crippen molar-refractivity contribution in [3.63, 3.8) is 0 Å². The van der Waals surface area contributed by atoms with Gasteiger partial charge in [-0.3, -0.25) is 29.1 Å². The number of urea groups is 1. The average Bonchev–Trinajstić information content (AvgIpc) is 1.53. The van der Waals surface area contributed by atoms with E-state index in [2.05, 4.69) is 68.0 Å². The van der Waals surface area contributed by atoms with Crippen LogP contribution in [0.3, 0.4) is 0 Å². The maximum absolute atomic E-state index is 15.5. The zero-order chi connectivity index (χ0) is 65.3. The van der Waals surface area contributed by atoms with E-state index >= 15 is 4.79 Å². The Labute approximate surface area is 547 Å². The van der Waals surface area contributed by atoms with Gasteiger partial charge in [-0.15, -0.1) is 0 Å². The zero-order valence-electron chi connectivity index (χ0n) is 53.5. The molecular formula is C68H82Cl2FN13O8. The summed E-state index contributed by atoms with van der Waals surface area (Å²) < 4.78 is 45.7. The Morgan fingerprint density at radius 3 is 2.12 bits per heavy atom. The Bertz CT molecular complexity index is 3680. The number of halogens is 3. The first-order valence-electron chi connectivity index (χ1n) is 31.5. The molecule has 2 fully saturated rings. The first kappa shape index (κ1) is 67.1. The van der Waals surface area contributed by atoms with Crippen molar-refractivity contribution in [3.8, 4) is 23.1 Å². The van der Waals surface area contributed by atoms with E-state index in [0.29, 0.717) is 154 Å². The van der Waals surface area contributed by atoms with Crippen LogP contribution in [-0.4, -0.2) is 175 Å². The first-order valence-corrected chi connectivity index (χ1v) is 32.2. The second-order valence-corrected chi connectivity index (χ2v) is 25.6. The van der Waals surface area contributed by atoms with Gasteiger partial charge in [0.2, 0.25) is 5.91 Å². The van der Waals surface area contributed by atoms with Gasteiger partial charge < -0.3 is 49.4 Å². The number of hydrogen-bond acceptors (Lipinski definition) is 16. The molecule has 4 aliphatic rings. The van der Waals surface area contributed by atoms with E-state index in [1.165, 1.54) is 34.0 Å². The van der Waals surface area contributed by atoms with Gasteiger partial charge in [-0.1, -0.05) is 74.3 Å². The van der Waals surface area contributed by atoms with Gasteiger partial charge in [-0.2, -0.15) is 10.4 Å². The Hall–Kier alpha value is -7.75. The summed E-state index contributed by atoms with van der Waals surface area (Å²) in [6, 6.07) is 27.5. The van der Waals surface area contributed by atoms with Gasteiger partial charge >= 0.3 is 6.03 Å². The van der Waals surface area contributed by atoms with Crippen molar-refractivity contribution in [2.45, 2.75) is 96.4 Å². The molecule has 4 aromatic carbocycles. The predicted molar refractivity (Wildman–Crippen MR) is 351 cm³/mol. The quantitative estimate of drug-likeness (QED) is 0.0569. The predicted octanol–water partition coefficient (Wildman–Crippen LogP) is 9.77. The Kier molecular flexibility index (Phi) is 21.5. The van der Waals surface area contributed by atoms with Gasteiger partial charge in [0.1, 0.15) is 40.2 Å². The highest BCUT2D eigenvalue weighted by Gasteiger charge is 2.60. The highest BCUT2D eigenvalue weighted by molar-refractivity contribution is 6.30. The fraction of sp³-hybridized carbons (Fsp3) is 0.471. The second-order valence-electron chi connectivity index (χ2n) is 24.7. The molecule has 0 saturated carbocycles. The molecule has 21 nitrogen and oxygen atoms in total. The van der Waals surface area contributed by atoms with E-state index < -0.39 is 16.9 Å². The molecule has 92 heavy (non-hydrogen) atoms. The van der Waals surface area contributed by atoms with Gasteiger partial charge in [0.25, 0.3) is 5.91 Å². The third-order valence-electron chi connectivity index (χ3n) is 17.8. The number of amides is 4. The number of nitrogens with two attached hydrogens (primary N) is 1. The average molecular weight is 1300 g/mol. The van der Waals surface area contributed by atoms with Crippen LogP contribution in [0.2, 0.25) is 10.0 Å². The van der Waals surface area contributed by atoms with Crippen LogP contribution in [0.1, 0.15) is 116 Å². The minimum atomic E-state index is -1.03. The summed E-state index contributed by atoms with van der Waals surface area (Å²) in [4.78, 5) is 66.9. The van der Waals surface area contributed by atoms with Crippen LogP contribution in [0.5, 0.6) is 5.75 Å². The number of aliphatic imine (C=N–C) groups is 1. The van der Waals surface area contributed by atoms with E-state index in [-0.39, 0.29) is 73.5 Å². The minimum absolute atomic E-state index is 0.0132. The molecular weight excluding hydrogens is 1220 g/mol. The number of nitrogens with zero attached hydrogens (tertiary/aromatic N) is 11. The normalized spacial score (nSPS) is 19.2. The Morgan fingerprint density at radius 1 is 0.826 bits per heavy atom. The lowest BCUT2D eigenvalue weighted by atomic mass is 9.71. The number of nitriles is 1. The number of fused-ring (bicyclic) bond motifs is 8. The topological polar surface area (TPSA) is 231 Å². The third kappa shape index (κ3) is 14.5. The van der Waals surface area contributed by atoms with E-state index in [4.69, 9.17) is 67.7 Å². The van der Waals surface area contributed by atoms with Crippen LogP contribution in [0.25, 0.3) is 11.3 Å². The molecule has 2 bridgehead atoms. The SMILES string of the molecule is CCOc1cc(C(C)(C)C)ccc1C1=N[C@@](C)(c2ccc(Cl)cc2)[C@@](C)(c2ccc(Cl)cc2)N1C(=O)N1CCN(CCOCCOCCOCCOCCC(=O)NCCn2nc3c(c2C#N)-c2cnc(N)c(n2)N2CCC[C@@H]2c2cc(F)ccc2C(=O)N(C)C3)CC1. The molecule has 10 rings (SSSR count). The van der Waals surface area contributed by atoms with Crippen LogP contribution in [-0.2, 0) is 53.3 Å².